The smallest absolute Gasteiger partial charge is 0.0281 e. The lowest BCUT2D eigenvalue weighted by Crippen LogP contribution is -1.78. The van der Waals surface area contributed by atoms with E-state index in [2.05, 4.69) is 51.1 Å². The van der Waals surface area contributed by atoms with E-state index in [0.29, 0.717) is 0 Å². The second kappa shape index (κ2) is 25.2. The van der Waals surface area contributed by atoms with Gasteiger partial charge in [-0.1, -0.05) is 104 Å². The highest BCUT2D eigenvalue weighted by Gasteiger charge is 1.84. The van der Waals surface area contributed by atoms with Crippen molar-refractivity contribution >= 4 is 0 Å². The van der Waals surface area contributed by atoms with Crippen LogP contribution < -0.4 is 0 Å². The predicted molar refractivity (Wildman–Crippen MR) is 88.3 cm³/mol. The maximum atomic E-state index is 2.21. The van der Waals surface area contributed by atoms with Gasteiger partial charge in [-0.3, -0.25) is 0 Å². The fraction of sp³-hybridized carbons (Fsp3) is 0.667. The highest BCUT2D eigenvalue weighted by molar-refractivity contribution is 5.14. The summed E-state index contributed by atoms with van der Waals surface area (Å²) < 4.78 is 0. The molecular formula is C18H36. The Labute approximate surface area is 117 Å². The van der Waals surface area contributed by atoms with Gasteiger partial charge in [0.1, 0.15) is 0 Å². The normalized spacial score (nSPS) is 7.72. The van der Waals surface area contributed by atoms with Gasteiger partial charge in [0.15, 0.2) is 0 Å². The minimum absolute atomic E-state index is 1.21. The Morgan fingerprint density at radius 1 is 0.667 bits per heavy atom. The van der Waals surface area contributed by atoms with Gasteiger partial charge in [0, 0.05) is 0 Å². The van der Waals surface area contributed by atoms with Crippen molar-refractivity contribution in [3.8, 4) is 0 Å². The van der Waals surface area contributed by atoms with Gasteiger partial charge in [-0.2, -0.15) is 0 Å². The highest BCUT2D eigenvalue weighted by Crippen LogP contribution is 2.00. The molecule has 108 valence electrons. The van der Waals surface area contributed by atoms with Crippen LogP contribution in [0.2, 0.25) is 0 Å². The van der Waals surface area contributed by atoms with Crippen molar-refractivity contribution in [2.45, 2.75) is 80.6 Å². The maximum absolute atomic E-state index is 2.21. The number of rotatable bonds is 4. The second-order valence-electron chi connectivity index (χ2n) is 3.59. The molecule has 0 nitrogen and oxygen atoms in total. The number of aryl methyl sites for hydroxylation is 1. The molecule has 0 radical (unpaired) electrons. The predicted octanol–water partition coefficient (Wildman–Crippen LogP) is 6.89. The molecule has 1 aromatic rings. The van der Waals surface area contributed by atoms with Crippen LogP contribution in [0.4, 0.5) is 0 Å². The lowest BCUT2D eigenvalue weighted by molar-refractivity contribution is 0.772. The van der Waals surface area contributed by atoms with E-state index in [1.54, 1.807) is 0 Å². The number of benzene rings is 1. The van der Waals surface area contributed by atoms with E-state index in [-0.39, 0.29) is 0 Å². The lowest BCUT2D eigenvalue weighted by atomic mass is 10.1. The Balaban J connectivity index is -0.000000215. The van der Waals surface area contributed by atoms with E-state index in [1.807, 2.05) is 27.7 Å². The molecule has 0 aliphatic rings. The molecule has 0 aliphatic carbocycles. The average Bonchev–Trinajstić information content (AvgIpc) is 2.46. The molecule has 0 fully saturated rings. The molecule has 1 aromatic carbocycles. The molecule has 1 rings (SSSR count). The Hall–Kier alpha value is -0.780. The molecule has 0 atom stereocenters. The van der Waals surface area contributed by atoms with Crippen LogP contribution in [0.5, 0.6) is 0 Å². The van der Waals surface area contributed by atoms with Crippen LogP contribution in [0, 0.1) is 0 Å². The third-order valence-corrected chi connectivity index (χ3v) is 2.09. The van der Waals surface area contributed by atoms with Gasteiger partial charge in [-0.25, -0.2) is 0 Å². The van der Waals surface area contributed by atoms with Crippen molar-refractivity contribution in [2.75, 3.05) is 0 Å². The monoisotopic (exact) mass is 252 g/mol. The summed E-state index contributed by atoms with van der Waals surface area (Å²) >= 11 is 0. The second-order valence-corrected chi connectivity index (χ2v) is 3.59. The Bertz CT molecular complexity index is 186. The van der Waals surface area contributed by atoms with Crippen molar-refractivity contribution < 1.29 is 0 Å². The first-order valence-electron chi connectivity index (χ1n) is 7.89. The average molecular weight is 252 g/mol. The van der Waals surface area contributed by atoms with Crippen molar-refractivity contribution in [3.05, 3.63) is 35.9 Å². The molecular weight excluding hydrogens is 216 g/mol. The Morgan fingerprint density at radius 3 is 1.39 bits per heavy atom. The maximum Gasteiger partial charge on any atom is -0.0281 e. The fourth-order valence-corrected chi connectivity index (χ4v) is 1.29. The van der Waals surface area contributed by atoms with Gasteiger partial charge in [-0.05, 0) is 12.0 Å². The van der Waals surface area contributed by atoms with Crippen LogP contribution in [0.15, 0.2) is 30.3 Å². The molecule has 0 amide bonds. The third-order valence-electron chi connectivity index (χ3n) is 2.09. The summed E-state index contributed by atoms with van der Waals surface area (Å²) in [5.41, 5.74) is 1.44. The van der Waals surface area contributed by atoms with Crippen molar-refractivity contribution in [1.82, 2.24) is 0 Å². The van der Waals surface area contributed by atoms with Crippen LogP contribution in [0.3, 0.4) is 0 Å². The zero-order chi connectivity index (χ0) is 14.6. The van der Waals surface area contributed by atoms with E-state index in [4.69, 9.17) is 0 Å². The quantitative estimate of drug-likeness (QED) is 0.547. The van der Waals surface area contributed by atoms with E-state index < -0.39 is 0 Å². The molecule has 0 saturated carbocycles. The van der Waals surface area contributed by atoms with Gasteiger partial charge in [0.25, 0.3) is 0 Å². The summed E-state index contributed by atoms with van der Waals surface area (Å²) in [7, 11) is 0. The topological polar surface area (TPSA) is 0 Å². The zero-order valence-electron chi connectivity index (χ0n) is 13.9. The Morgan fingerprint density at radius 2 is 1.11 bits per heavy atom. The first-order chi connectivity index (χ1) is 8.85. The molecule has 0 aromatic heterocycles. The summed E-state index contributed by atoms with van der Waals surface area (Å²) in [6.45, 7) is 14.6. The zero-order valence-corrected chi connectivity index (χ0v) is 13.9. The molecule has 0 spiro atoms. The largest absolute Gasteiger partial charge is 0.0683 e. The van der Waals surface area contributed by atoms with Gasteiger partial charge < -0.3 is 0 Å². The van der Waals surface area contributed by atoms with Crippen molar-refractivity contribution in [2.24, 2.45) is 0 Å². The lowest BCUT2D eigenvalue weighted by Gasteiger charge is -1.93. The summed E-state index contributed by atoms with van der Waals surface area (Å²) in [5, 5.41) is 0. The first kappa shape index (κ1) is 22.4. The van der Waals surface area contributed by atoms with Gasteiger partial charge >= 0.3 is 0 Å². The SMILES string of the molecule is CC.CC.CCCCC.CCCc1ccccc1. The first-order valence-corrected chi connectivity index (χ1v) is 7.89. The summed E-state index contributed by atoms with van der Waals surface area (Å²) in [4.78, 5) is 0. The molecule has 18 heavy (non-hydrogen) atoms. The van der Waals surface area contributed by atoms with E-state index in [1.165, 1.54) is 37.7 Å². The number of unbranched alkanes of at least 4 members (excludes halogenated alkanes) is 2. The van der Waals surface area contributed by atoms with E-state index in [9.17, 15) is 0 Å². The van der Waals surface area contributed by atoms with Crippen LogP contribution in [-0.2, 0) is 6.42 Å². The summed E-state index contributed by atoms with van der Waals surface area (Å²) in [6.07, 6.45) is 6.53. The molecule has 0 N–H and O–H groups in total. The number of hydrogen-bond acceptors (Lipinski definition) is 0. The van der Waals surface area contributed by atoms with Crippen molar-refractivity contribution in [1.29, 1.82) is 0 Å². The molecule has 0 heterocycles. The minimum Gasteiger partial charge on any atom is -0.0683 e. The van der Waals surface area contributed by atoms with Crippen molar-refractivity contribution in [3.63, 3.8) is 0 Å². The summed E-state index contributed by atoms with van der Waals surface area (Å²) in [6, 6.07) is 10.6. The van der Waals surface area contributed by atoms with Gasteiger partial charge in [0.2, 0.25) is 0 Å². The molecule has 0 unspecified atom stereocenters. The van der Waals surface area contributed by atoms with Crippen LogP contribution in [0.1, 0.15) is 79.7 Å². The van der Waals surface area contributed by atoms with Gasteiger partial charge in [0.05, 0.1) is 0 Å². The summed E-state index contributed by atoms with van der Waals surface area (Å²) in [5.74, 6) is 0. The Kier molecular flexibility index (Phi) is 31.3. The van der Waals surface area contributed by atoms with E-state index >= 15 is 0 Å². The highest BCUT2D eigenvalue weighted by atomic mass is 13.9. The fourth-order valence-electron chi connectivity index (χ4n) is 1.29. The molecule has 0 bridgehead atoms. The van der Waals surface area contributed by atoms with Crippen LogP contribution in [0.25, 0.3) is 0 Å². The molecule has 0 aliphatic heterocycles. The van der Waals surface area contributed by atoms with Crippen LogP contribution >= 0.6 is 0 Å². The number of hydrogen-bond donors (Lipinski definition) is 0. The molecule has 0 saturated heterocycles. The van der Waals surface area contributed by atoms with Gasteiger partial charge in [-0.15, -0.1) is 0 Å². The van der Waals surface area contributed by atoms with E-state index in [0.717, 1.165) is 0 Å². The standard InChI is InChI=1S/C9H12.C5H12.2C2H6/c1-2-6-9-7-4-3-5-8-9;1-3-5-4-2;2*1-2/h3-5,7-8H,2,6H2,1H3;3-5H2,1-2H3;2*1-2H3. The molecule has 0 heteroatoms. The third kappa shape index (κ3) is 20.6. The minimum atomic E-state index is 1.21. The van der Waals surface area contributed by atoms with Crippen LogP contribution in [-0.4, -0.2) is 0 Å².